The van der Waals surface area contributed by atoms with Crippen molar-refractivity contribution in [3.63, 3.8) is 0 Å². The molecule has 1 aromatic carbocycles. The van der Waals surface area contributed by atoms with E-state index in [1.54, 1.807) is 24.5 Å². The van der Waals surface area contributed by atoms with Gasteiger partial charge in [-0.1, -0.05) is 6.07 Å². The number of nitrogens with zero attached hydrogens (tertiary/aromatic N) is 2. The summed E-state index contributed by atoms with van der Waals surface area (Å²) < 4.78 is 45.7. The van der Waals surface area contributed by atoms with E-state index in [-0.39, 0.29) is 0 Å². The minimum absolute atomic E-state index is 0.364. The van der Waals surface area contributed by atoms with E-state index in [4.69, 9.17) is 4.42 Å². The summed E-state index contributed by atoms with van der Waals surface area (Å²) in [5.41, 5.74) is 1.28. The highest BCUT2D eigenvalue weighted by Crippen LogP contribution is 2.36. The van der Waals surface area contributed by atoms with E-state index in [1.165, 1.54) is 10.7 Å². The first-order chi connectivity index (χ1) is 11.0. The van der Waals surface area contributed by atoms with Crippen LogP contribution in [-0.2, 0) is 12.6 Å². The Bertz CT molecular complexity index is 850. The average molecular weight is 319 g/mol. The second-order valence-corrected chi connectivity index (χ2v) is 5.29. The first-order valence-corrected chi connectivity index (χ1v) is 7.11. The molecule has 0 amide bonds. The molecule has 0 atom stereocenters. The van der Waals surface area contributed by atoms with Crippen LogP contribution in [0.4, 0.5) is 19.0 Å². The summed E-state index contributed by atoms with van der Waals surface area (Å²) >= 11 is 0. The number of aromatic nitrogens is 2. The summed E-state index contributed by atoms with van der Waals surface area (Å²) in [5.74, 6) is 1.33. The van der Waals surface area contributed by atoms with E-state index in [1.807, 2.05) is 0 Å². The Balaban J connectivity index is 1.86. The second kappa shape index (κ2) is 4.91. The van der Waals surface area contributed by atoms with E-state index in [2.05, 4.69) is 10.4 Å². The van der Waals surface area contributed by atoms with Gasteiger partial charge in [0.05, 0.1) is 17.5 Å². The van der Waals surface area contributed by atoms with Crippen molar-refractivity contribution in [1.82, 2.24) is 9.78 Å². The monoisotopic (exact) mass is 319 g/mol. The smallest absolute Gasteiger partial charge is 0.416 e. The first-order valence-electron chi connectivity index (χ1n) is 7.11. The van der Waals surface area contributed by atoms with Crippen LogP contribution in [0.1, 0.15) is 11.1 Å². The number of furan rings is 1. The summed E-state index contributed by atoms with van der Waals surface area (Å²) in [7, 11) is 0. The van der Waals surface area contributed by atoms with Crippen molar-refractivity contribution in [2.75, 3.05) is 11.9 Å². The lowest BCUT2D eigenvalue weighted by Gasteiger charge is -2.10. The fourth-order valence-corrected chi connectivity index (χ4v) is 2.79. The minimum Gasteiger partial charge on any atom is -0.463 e. The normalized spacial score (nSPS) is 13.9. The van der Waals surface area contributed by atoms with Crippen LogP contribution in [-0.4, -0.2) is 16.3 Å². The number of nitrogens with one attached hydrogen (secondary N) is 1. The maximum atomic E-state index is 12.9. The third-order valence-electron chi connectivity index (χ3n) is 3.82. The fraction of sp³-hybridized carbons (Fsp3) is 0.188. The molecule has 0 radical (unpaired) electrons. The molecule has 2 aromatic heterocycles. The molecule has 3 heterocycles. The van der Waals surface area contributed by atoms with Gasteiger partial charge in [0.25, 0.3) is 0 Å². The maximum absolute atomic E-state index is 12.9. The van der Waals surface area contributed by atoms with Crippen molar-refractivity contribution in [2.24, 2.45) is 0 Å². The molecule has 118 valence electrons. The van der Waals surface area contributed by atoms with Gasteiger partial charge >= 0.3 is 6.18 Å². The zero-order chi connectivity index (χ0) is 16.0. The molecule has 0 bridgehead atoms. The van der Waals surface area contributed by atoms with Gasteiger partial charge in [-0.3, -0.25) is 0 Å². The highest BCUT2D eigenvalue weighted by atomic mass is 19.4. The van der Waals surface area contributed by atoms with Crippen LogP contribution in [0.5, 0.6) is 0 Å². The van der Waals surface area contributed by atoms with Crippen molar-refractivity contribution < 1.29 is 17.6 Å². The molecule has 0 unspecified atom stereocenters. The largest absolute Gasteiger partial charge is 0.463 e. The third-order valence-corrected chi connectivity index (χ3v) is 3.82. The Hall–Kier alpha value is -2.70. The number of rotatable bonds is 2. The van der Waals surface area contributed by atoms with Gasteiger partial charge in [0, 0.05) is 12.1 Å². The van der Waals surface area contributed by atoms with Crippen molar-refractivity contribution in [2.45, 2.75) is 12.6 Å². The molecule has 0 saturated carbocycles. The molecule has 1 aliphatic rings. The summed E-state index contributed by atoms with van der Waals surface area (Å²) in [6.45, 7) is 0.722. The first kappa shape index (κ1) is 13.9. The molecule has 0 aliphatic carbocycles. The Morgan fingerprint density at radius 3 is 2.78 bits per heavy atom. The number of alkyl halides is 3. The zero-order valence-corrected chi connectivity index (χ0v) is 11.9. The van der Waals surface area contributed by atoms with Crippen molar-refractivity contribution in [3.05, 3.63) is 53.8 Å². The quantitative estimate of drug-likeness (QED) is 0.773. The maximum Gasteiger partial charge on any atom is 0.416 e. The molecule has 1 aliphatic heterocycles. The van der Waals surface area contributed by atoms with E-state index < -0.39 is 11.7 Å². The van der Waals surface area contributed by atoms with Crippen LogP contribution in [0.15, 0.2) is 47.1 Å². The highest BCUT2D eigenvalue weighted by molar-refractivity contribution is 5.69. The predicted molar refractivity (Wildman–Crippen MR) is 78.5 cm³/mol. The van der Waals surface area contributed by atoms with Crippen LogP contribution in [0.25, 0.3) is 17.1 Å². The number of benzene rings is 1. The molecule has 0 spiro atoms. The molecule has 0 fully saturated rings. The van der Waals surface area contributed by atoms with Gasteiger partial charge in [-0.15, -0.1) is 0 Å². The number of hydrogen-bond acceptors (Lipinski definition) is 3. The fourth-order valence-electron chi connectivity index (χ4n) is 2.79. The van der Waals surface area contributed by atoms with Gasteiger partial charge in [-0.25, -0.2) is 4.68 Å². The van der Waals surface area contributed by atoms with Crippen molar-refractivity contribution >= 4 is 5.82 Å². The molecule has 4 rings (SSSR count). The van der Waals surface area contributed by atoms with Crippen LogP contribution in [0.3, 0.4) is 0 Å². The molecular weight excluding hydrogens is 307 g/mol. The average Bonchev–Trinajstić information content (AvgIpc) is 3.23. The van der Waals surface area contributed by atoms with Crippen LogP contribution < -0.4 is 5.32 Å². The zero-order valence-electron chi connectivity index (χ0n) is 11.9. The standard InChI is InChI=1S/C16H12F3N3O/c17-16(18,19)10-3-1-4-11(9-10)22-15-12(6-7-20-15)14(21-22)13-5-2-8-23-13/h1-5,8-9,20H,6-7H2. The Morgan fingerprint density at radius 1 is 1.17 bits per heavy atom. The molecule has 4 nitrogen and oxygen atoms in total. The summed E-state index contributed by atoms with van der Waals surface area (Å²) in [4.78, 5) is 0. The number of hydrogen-bond donors (Lipinski definition) is 1. The predicted octanol–water partition coefficient (Wildman–Crippen LogP) is 4.12. The van der Waals surface area contributed by atoms with Crippen LogP contribution in [0, 0.1) is 0 Å². The lowest BCUT2D eigenvalue weighted by molar-refractivity contribution is -0.137. The van der Waals surface area contributed by atoms with Gasteiger partial charge in [-0.2, -0.15) is 18.3 Å². The summed E-state index contributed by atoms with van der Waals surface area (Å²) in [5, 5.41) is 7.65. The topological polar surface area (TPSA) is 43.0 Å². The van der Waals surface area contributed by atoms with Crippen molar-refractivity contribution in [3.8, 4) is 17.1 Å². The third kappa shape index (κ3) is 2.28. The molecule has 7 heteroatoms. The van der Waals surface area contributed by atoms with Crippen LogP contribution >= 0.6 is 0 Å². The minimum atomic E-state index is -4.39. The highest BCUT2D eigenvalue weighted by Gasteiger charge is 2.31. The van der Waals surface area contributed by atoms with Gasteiger partial charge in [0.1, 0.15) is 11.5 Å². The SMILES string of the molecule is FC(F)(F)c1cccc(-n2nc(-c3ccco3)c3c2NCC3)c1. The number of anilines is 1. The Kier molecular flexibility index (Phi) is 2.97. The van der Waals surface area contributed by atoms with E-state index in [9.17, 15) is 13.2 Å². The van der Waals surface area contributed by atoms with E-state index in [0.717, 1.165) is 36.5 Å². The summed E-state index contributed by atoms with van der Waals surface area (Å²) in [6, 6.07) is 8.68. The summed E-state index contributed by atoms with van der Waals surface area (Å²) in [6.07, 6.45) is -2.08. The lowest BCUT2D eigenvalue weighted by atomic mass is 10.1. The Morgan fingerprint density at radius 2 is 2.04 bits per heavy atom. The number of fused-ring (bicyclic) bond motifs is 1. The van der Waals surface area contributed by atoms with E-state index >= 15 is 0 Å². The molecule has 0 saturated heterocycles. The lowest BCUT2D eigenvalue weighted by Crippen LogP contribution is -2.08. The molecule has 1 N–H and O–H groups in total. The van der Waals surface area contributed by atoms with Gasteiger partial charge < -0.3 is 9.73 Å². The van der Waals surface area contributed by atoms with Gasteiger partial charge in [0.15, 0.2) is 5.76 Å². The van der Waals surface area contributed by atoms with E-state index in [0.29, 0.717) is 17.1 Å². The Labute approximate surface area is 129 Å². The van der Waals surface area contributed by atoms with Crippen LogP contribution in [0.2, 0.25) is 0 Å². The van der Waals surface area contributed by atoms with Crippen molar-refractivity contribution in [1.29, 1.82) is 0 Å². The van der Waals surface area contributed by atoms with Gasteiger partial charge in [0.2, 0.25) is 0 Å². The van der Waals surface area contributed by atoms with Gasteiger partial charge in [-0.05, 0) is 36.8 Å². The number of halogens is 3. The second-order valence-electron chi connectivity index (χ2n) is 5.29. The molecule has 3 aromatic rings. The molecule has 23 heavy (non-hydrogen) atoms. The molecular formula is C16H12F3N3O.